The first-order chi connectivity index (χ1) is 9.47. The van der Waals surface area contributed by atoms with Crippen LogP contribution in [0.4, 0.5) is 8.78 Å². The van der Waals surface area contributed by atoms with Gasteiger partial charge in [-0.25, -0.2) is 18.3 Å². The Morgan fingerprint density at radius 3 is 2.55 bits per heavy atom. The van der Waals surface area contributed by atoms with Gasteiger partial charge in [-0.1, -0.05) is 0 Å². The second-order valence-corrected chi connectivity index (χ2v) is 4.69. The molecule has 0 aromatic carbocycles. The molecule has 5 nitrogen and oxygen atoms in total. The number of hydrogen-bond acceptors (Lipinski definition) is 3. The smallest absolute Gasteiger partial charge is 0.272 e. The number of hydrogen-bond donors (Lipinski definition) is 0. The lowest BCUT2D eigenvalue weighted by molar-refractivity contribution is 0.143. The molecular formula is C13H13F2N5. The standard InChI is InChI=1S/C13H13F2N5/c1-7-4-12-17-10(9-6-16-19(3)8(9)2)5-11(13(14)15)20(12)18-7/h4-6,13H,1-3H3. The van der Waals surface area contributed by atoms with Crippen LogP contribution >= 0.6 is 0 Å². The Bertz CT molecular complexity index is 788. The lowest BCUT2D eigenvalue weighted by atomic mass is 10.1. The molecule has 20 heavy (non-hydrogen) atoms. The molecule has 3 heterocycles. The third kappa shape index (κ3) is 1.86. The molecule has 0 N–H and O–H groups in total. The number of aryl methyl sites for hydroxylation is 2. The average molecular weight is 277 g/mol. The van der Waals surface area contributed by atoms with Gasteiger partial charge in [0.05, 0.1) is 17.6 Å². The maximum Gasteiger partial charge on any atom is 0.280 e. The molecule has 0 saturated heterocycles. The van der Waals surface area contributed by atoms with Crippen LogP contribution in [0.3, 0.4) is 0 Å². The first kappa shape index (κ1) is 12.7. The molecule has 0 aliphatic carbocycles. The van der Waals surface area contributed by atoms with E-state index in [9.17, 15) is 8.78 Å². The number of nitrogens with zero attached hydrogens (tertiary/aromatic N) is 5. The molecule has 0 amide bonds. The van der Waals surface area contributed by atoms with Crippen molar-refractivity contribution in [3.05, 3.63) is 35.4 Å². The van der Waals surface area contributed by atoms with Gasteiger partial charge < -0.3 is 0 Å². The number of halogens is 2. The monoisotopic (exact) mass is 277 g/mol. The highest BCUT2D eigenvalue weighted by atomic mass is 19.3. The topological polar surface area (TPSA) is 48.0 Å². The number of rotatable bonds is 2. The van der Waals surface area contributed by atoms with Gasteiger partial charge in [-0.05, 0) is 19.9 Å². The van der Waals surface area contributed by atoms with Crippen molar-refractivity contribution in [1.29, 1.82) is 0 Å². The molecule has 0 unspecified atom stereocenters. The molecule has 104 valence electrons. The summed E-state index contributed by atoms with van der Waals surface area (Å²) in [6.07, 6.45) is -0.984. The van der Waals surface area contributed by atoms with Crippen LogP contribution in [0.2, 0.25) is 0 Å². The van der Waals surface area contributed by atoms with E-state index in [1.807, 2.05) is 6.92 Å². The van der Waals surface area contributed by atoms with Gasteiger partial charge in [-0.3, -0.25) is 4.68 Å². The maximum atomic E-state index is 13.2. The minimum Gasteiger partial charge on any atom is -0.272 e. The number of alkyl halides is 2. The molecule has 0 bridgehead atoms. The summed E-state index contributed by atoms with van der Waals surface area (Å²) in [4.78, 5) is 4.40. The van der Waals surface area contributed by atoms with Crippen molar-refractivity contribution in [2.24, 2.45) is 7.05 Å². The fourth-order valence-corrected chi connectivity index (χ4v) is 2.16. The van der Waals surface area contributed by atoms with E-state index in [2.05, 4.69) is 15.2 Å². The van der Waals surface area contributed by atoms with Crippen molar-refractivity contribution in [3.8, 4) is 11.3 Å². The SMILES string of the molecule is Cc1cc2nc(-c3cnn(C)c3C)cc(C(F)F)n2n1. The normalized spacial score (nSPS) is 11.7. The molecule has 0 radical (unpaired) electrons. The van der Waals surface area contributed by atoms with Crippen LogP contribution in [0, 0.1) is 13.8 Å². The van der Waals surface area contributed by atoms with Crippen molar-refractivity contribution in [1.82, 2.24) is 24.4 Å². The van der Waals surface area contributed by atoms with Gasteiger partial charge in [-0.15, -0.1) is 0 Å². The second-order valence-electron chi connectivity index (χ2n) is 4.69. The summed E-state index contributed by atoms with van der Waals surface area (Å²) >= 11 is 0. The van der Waals surface area contributed by atoms with Crippen LogP contribution < -0.4 is 0 Å². The summed E-state index contributed by atoms with van der Waals surface area (Å²) in [7, 11) is 1.80. The Balaban J connectivity index is 2.29. The van der Waals surface area contributed by atoms with Gasteiger partial charge in [-0.2, -0.15) is 10.2 Å². The summed E-state index contributed by atoms with van der Waals surface area (Å²) < 4.78 is 29.3. The lowest BCUT2D eigenvalue weighted by Gasteiger charge is -2.07. The molecule has 0 spiro atoms. The fraction of sp³-hybridized carbons (Fsp3) is 0.308. The molecule has 3 aromatic rings. The highest BCUT2D eigenvalue weighted by Crippen LogP contribution is 2.27. The maximum absolute atomic E-state index is 13.2. The molecule has 0 saturated carbocycles. The molecule has 3 rings (SSSR count). The third-order valence-corrected chi connectivity index (χ3v) is 3.31. The molecule has 0 aliphatic rings. The number of fused-ring (bicyclic) bond motifs is 1. The Hall–Kier alpha value is -2.31. The summed E-state index contributed by atoms with van der Waals surface area (Å²) in [5.74, 6) is 0. The van der Waals surface area contributed by atoms with Gasteiger partial charge in [0, 0.05) is 24.4 Å². The van der Waals surface area contributed by atoms with Crippen LogP contribution in [0.1, 0.15) is 23.5 Å². The first-order valence-corrected chi connectivity index (χ1v) is 6.12. The van der Waals surface area contributed by atoms with Crippen molar-refractivity contribution in [2.45, 2.75) is 20.3 Å². The van der Waals surface area contributed by atoms with Gasteiger partial charge in [0.15, 0.2) is 5.65 Å². The van der Waals surface area contributed by atoms with Crippen molar-refractivity contribution in [2.75, 3.05) is 0 Å². The highest BCUT2D eigenvalue weighted by Gasteiger charge is 2.18. The van der Waals surface area contributed by atoms with E-state index in [0.29, 0.717) is 17.0 Å². The van der Waals surface area contributed by atoms with Gasteiger partial charge in [0.25, 0.3) is 6.43 Å². The largest absolute Gasteiger partial charge is 0.280 e. The molecule has 3 aromatic heterocycles. The summed E-state index contributed by atoms with van der Waals surface area (Å²) in [5.41, 5.74) is 3.01. The van der Waals surface area contributed by atoms with E-state index in [1.54, 1.807) is 30.9 Å². The molecule has 0 aliphatic heterocycles. The first-order valence-electron chi connectivity index (χ1n) is 6.12. The molecule has 0 atom stereocenters. The quantitative estimate of drug-likeness (QED) is 0.723. The number of aromatic nitrogens is 5. The van der Waals surface area contributed by atoms with Crippen LogP contribution in [0.25, 0.3) is 16.9 Å². The Morgan fingerprint density at radius 2 is 1.95 bits per heavy atom. The Kier molecular flexibility index (Phi) is 2.77. The second kappa shape index (κ2) is 4.36. The third-order valence-electron chi connectivity index (χ3n) is 3.31. The lowest BCUT2D eigenvalue weighted by Crippen LogP contribution is -2.03. The fourth-order valence-electron chi connectivity index (χ4n) is 2.16. The van der Waals surface area contributed by atoms with E-state index in [1.165, 1.54) is 10.6 Å². The molecule has 7 heteroatoms. The zero-order valence-electron chi connectivity index (χ0n) is 11.3. The van der Waals surface area contributed by atoms with Crippen LogP contribution in [-0.4, -0.2) is 24.4 Å². The summed E-state index contributed by atoms with van der Waals surface area (Å²) in [6.45, 7) is 3.62. The summed E-state index contributed by atoms with van der Waals surface area (Å²) in [6, 6.07) is 3.05. The van der Waals surface area contributed by atoms with E-state index in [4.69, 9.17) is 0 Å². The van der Waals surface area contributed by atoms with Crippen molar-refractivity contribution < 1.29 is 8.78 Å². The predicted octanol–water partition coefficient (Wildman–Crippen LogP) is 2.68. The molecular weight excluding hydrogens is 264 g/mol. The summed E-state index contributed by atoms with van der Waals surface area (Å²) in [5, 5.41) is 8.17. The van der Waals surface area contributed by atoms with E-state index < -0.39 is 6.43 Å². The van der Waals surface area contributed by atoms with Crippen molar-refractivity contribution >= 4 is 5.65 Å². The average Bonchev–Trinajstić information content (AvgIpc) is 2.91. The predicted molar refractivity (Wildman–Crippen MR) is 69.6 cm³/mol. The Morgan fingerprint density at radius 1 is 1.20 bits per heavy atom. The zero-order chi connectivity index (χ0) is 14.4. The molecule has 0 fully saturated rings. The highest BCUT2D eigenvalue weighted by molar-refractivity contribution is 5.64. The van der Waals surface area contributed by atoms with Crippen molar-refractivity contribution in [3.63, 3.8) is 0 Å². The van der Waals surface area contributed by atoms with E-state index in [0.717, 1.165) is 11.3 Å². The van der Waals surface area contributed by atoms with Crippen LogP contribution in [-0.2, 0) is 7.05 Å². The van der Waals surface area contributed by atoms with Gasteiger partial charge in [0.2, 0.25) is 0 Å². The van der Waals surface area contributed by atoms with Crippen LogP contribution in [0.5, 0.6) is 0 Å². The Labute approximate surface area is 113 Å². The van der Waals surface area contributed by atoms with Gasteiger partial charge in [0.1, 0.15) is 5.69 Å². The van der Waals surface area contributed by atoms with E-state index >= 15 is 0 Å². The van der Waals surface area contributed by atoms with Gasteiger partial charge >= 0.3 is 0 Å². The van der Waals surface area contributed by atoms with E-state index in [-0.39, 0.29) is 5.69 Å². The minimum absolute atomic E-state index is 0.165. The minimum atomic E-state index is -2.62. The zero-order valence-corrected chi connectivity index (χ0v) is 11.3. The van der Waals surface area contributed by atoms with Crippen LogP contribution in [0.15, 0.2) is 18.3 Å².